The summed E-state index contributed by atoms with van der Waals surface area (Å²) in [5, 5.41) is 0. The van der Waals surface area contributed by atoms with Crippen LogP contribution in [0.25, 0.3) is 0 Å². The normalized spacial score (nSPS) is 10.8. The molecule has 0 fully saturated rings. The summed E-state index contributed by atoms with van der Waals surface area (Å²) in [6, 6.07) is 0. The van der Waals surface area contributed by atoms with Crippen LogP contribution in [0.3, 0.4) is 0 Å². The zero-order valence-electron chi connectivity index (χ0n) is 4.07. The van der Waals surface area contributed by atoms with E-state index in [2.05, 4.69) is 0 Å². The lowest BCUT2D eigenvalue weighted by atomic mass is 10.4. The number of carbonyl (C=O) groups is 1. The second kappa shape index (κ2) is 3.39. The van der Waals surface area contributed by atoms with E-state index in [0.717, 1.165) is 0 Å². The standard InChI is InChI=1S/C3H2F4O.H2O/c4-2(5)3(6,7)1-8;/h1-2H;1H2. The lowest BCUT2D eigenvalue weighted by Crippen LogP contribution is -2.27. The van der Waals surface area contributed by atoms with E-state index in [9.17, 15) is 17.6 Å². The SMILES string of the molecule is O.O=CC(F)(F)C(F)F. The highest BCUT2D eigenvalue weighted by Crippen LogP contribution is 2.18. The van der Waals surface area contributed by atoms with Crippen LogP contribution in [0.4, 0.5) is 17.6 Å². The van der Waals surface area contributed by atoms with Crippen LogP contribution >= 0.6 is 0 Å². The van der Waals surface area contributed by atoms with Gasteiger partial charge in [-0.15, -0.1) is 0 Å². The Bertz CT molecular complexity index is 91.8. The number of hydrogen-bond donors (Lipinski definition) is 0. The van der Waals surface area contributed by atoms with E-state index in [0.29, 0.717) is 0 Å². The fraction of sp³-hybridized carbons (Fsp3) is 0.667. The first-order valence-electron chi connectivity index (χ1n) is 1.63. The molecule has 0 aliphatic heterocycles. The summed E-state index contributed by atoms with van der Waals surface area (Å²) in [6.45, 7) is 0. The van der Waals surface area contributed by atoms with Gasteiger partial charge in [-0.3, -0.25) is 4.79 Å². The third-order valence-corrected chi connectivity index (χ3v) is 0.448. The second-order valence-electron chi connectivity index (χ2n) is 1.09. The summed E-state index contributed by atoms with van der Waals surface area (Å²) in [6.07, 6.45) is -4.96. The molecule has 56 valence electrons. The van der Waals surface area contributed by atoms with Crippen LogP contribution in [0, 0.1) is 0 Å². The highest BCUT2D eigenvalue weighted by atomic mass is 19.3. The predicted molar refractivity (Wildman–Crippen MR) is 20.6 cm³/mol. The highest BCUT2D eigenvalue weighted by Gasteiger charge is 2.40. The molecular weight excluding hydrogens is 144 g/mol. The van der Waals surface area contributed by atoms with Crippen LogP contribution in [-0.2, 0) is 4.79 Å². The lowest BCUT2D eigenvalue weighted by Gasteiger charge is -2.03. The van der Waals surface area contributed by atoms with Gasteiger partial charge in [-0.05, 0) is 0 Å². The van der Waals surface area contributed by atoms with Gasteiger partial charge in [-0.2, -0.15) is 8.78 Å². The first-order valence-corrected chi connectivity index (χ1v) is 1.63. The maximum atomic E-state index is 11.2. The van der Waals surface area contributed by atoms with Gasteiger partial charge in [-0.25, -0.2) is 8.78 Å². The number of carbonyl (C=O) groups excluding carboxylic acids is 1. The van der Waals surface area contributed by atoms with E-state index in [1.54, 1.807) is 0 Å². The molecule has 0 bridgehead atoms. The van der Waals surface area contributed by atoms with Crippen molar-refractivity contribution in [1.29, 1.82) is 0 Å². The van der Waals surface area contributed by atoms with E-state index in [-0.39, 0.29) is 5.48 Å². The van der Waals surface area contributed by atoms with Crippen molar-refractivity contribution >= 4 is 6.29 Å². The van der Waals surface area contributed by atoms with Crippen molar-refractivity contribution in [3.05, 3.63) is 0 Å². The van der Waals surface area contributed by atoms with Gasteiger partial charge in [0.2, 0.25) is 0 Å². The summed E-state index contributed by atoms with van der Waals surface area (Å²) in [4.78, 5) is 9.04. The Hall–Kier alpha value is -0.650. The maximum Gasteiger partial charge on any atom is 0.361 e. The molecule has 0 aliphatic carbocycles. The molecule has 0 aromatic carbocycles. The van der Waals surface area contributed by atoms with E-state index < -0.39 is 18.6 Å². The minimum absolute atomic E-state index is 0. The van der Waals surface area contributed by atoms with Gasteiger partial charge in [0.05, 0.1) is 0 Å². The number of halogens is 4. The Kier molecular flexibility index (Phi) is 4.21. The summed E-state index contributed by atoms with van der Waals surface area (Å²) < 4.78 is 44.0. The minimum Gasteiger partial charge on any atom is -0.412 e. The number of hydrogen-bond acceptors (Lipinski definition) is 1. The van der Waals surface area contributed by atoms with Crippen LogP contribution in [-0.4, -0.2) is 24.1 Å². The maximum absolute atomic E-state index is 11.2. The number of alkyl halides is 4. The summed E-state index contributed by atoms with van der Waals surface area (Å²) in [7, 11) is 0. The van der Waals surface area contributed by atoms with Crippen molar-refractivity contribution in [2.75, 3.05) is 0 Å². The summed E-state index contributed by atoms with van der Waals surface area (Å²) >= 11 is 0. The summed E-state index contributed by atoms with van der Waals surface area (Å²) in [5.74, 6) is -4.47. The monoisotopic (exact) mass is 148 g/mol. The Balaban J connectivity index is 0. The van der Waals surface area contributed by atoms with Crippen LogP contribution in [0.2, 0.25) is 0 Å². The molecule has 0 atom stereocenters. The van der Waals surface area contributed by atoms with E-state index in [1.807, 2.05) is 0 Å². The molecule has 2 N–H and O–H groups in total. The Morgan fingerprint density at radius 2 is 1.67 bits per heavy atom. The molecule has 0 spiro atoms. The van der Waals surface area contributed by atoms with Gasteiger partial charge in [0.1, 0.15) is 0 Å². The predicted octanol–water partition coefficient (Wildman–Crippen LogP) is 0.261. The average molecular weight is 148 g/mol. The second-order valence-corrected chi connectivity index (χ2v) is 1.09. The third-order valence-electron chi connectivity index (χ3n) is 0.448. The average Bonchev–Trinajstić information content (AvgIpc) is 1.67. The molecule has 0 saturated carbocycles. The van der Waals surface area contributed by atoms with E-state index in [4.69, 9.17) is 4.79 Å². The van der Waals surface area contributed by atoms with Crippen molar-refractivity contribution in [2.45, 2.75) is 12.3 Å². The minimum atomic E-state index is -4.47. The summed E-state index contributed by atoms with van der Waals surface area (Å²) in [5.41, 5.74) is 0. The molecule has 0 radical (unpaired) electrons. The quantitative estimate of drug-likeness (QED) is 0.409. The topological polar surface area (TPSA) is 48.6 Å². The molecule has 6 heteroatoms. The van der Waals surface area contributed by atoms with Crippen molar-refractivity contribution in [2.24, 2.45) is 0 Å². The van der Waals surface area contributed by atoms with Crippen molar-refractivity contribution < 1.29 is 27.8 Å². The molecule has 9 heavy (non-hydrogen) atoms. The fourth-order valence-electron chi connectivity index (χ4n) is 0.0514. The van der Waals surface area contributed by atoms with Crippen LogP contribution in [0.15, 0.2) is 0 Å². The van der Waals surface area contributed by atoms with Crippen molar-refractivity contribution in [3.63, 3.8) is 0 Å². The molecule has 0 heterocycles. The first-order chi connectivity index (χ1) is 3.50. The Morgan fingerprint density at radius 1 is 1.33 bits per heavy atom. The van der Waals surface area contributed by atoms with Crippen LogP contribution < -0.4 is 0 Å². The Labute approximate surface area is 47.8 Å². The van der Waals surface area contributed by atoms with Gasteiger partial charge in [0.15, 0.2) is 6.29 Å². The zero-order chi connectivity index (χ0) is 6.78. The van der Waals surface area contributed by atoms with Crippen molar-refractivity contribution in [3.8, 4) is 0 Å². The van der Waals surface area contributed by atoms with E-state index in [1.165, 1.54) is 0 Å². The number of aldehydes is 1. The Morgan fingerprint density at radius 3 is 1.67 bits per heavy atom. The fourth-order valence-corrected chi connectivity index (χ4v) is 0.0514. The van der Waals surface area contributed by atoms with Crippen LogP contribution in [0.1, 0.15) is 0 Å². The van der Waals surface area contributed by atoms with Gasteiger partial charge in [0, 0.05) is 0 Å². The largest absolute Gasteiger partial charge is 0.412 e. The van der Waals surface area contributed by atoms with Gasteiger partial charge in [-0.1, -0.05) is 0 Å². The zero-order valence-corrected chi connectivity index (χ0v) is 4.07. The van der Waals surface area contributed by atoms with E-state index >= 15 is 0 Å². The lowest BCUT2D eigenvalue weighted by molar-refractivity contribution is -0.153. The van der Waals surface area contributed by atoms with Gasteiger partial charge < -0.3 is 5.48 Å². The first kappa shape index (κ1) is 11.2. The van der Waals surface area contributed by atoms with Gasteiger partial charge >= 0.3 is 12.3 Å². The molecule has 0 aromatic rings. The highest BCUT2D eigenvalue weighted by molar-refractivity contribution is 5.60. The molecule has 0 unspecified atom stereocenters. The smallest absolute Gasteiger partial charge is 0.361 e. The van der Waals surface area contributed by atoms with Gasteiger partial charge in [0.25, 0.3) is 0 Å². The molecule has 0 aromatic heterocycles. The molecule has 0 rings (SSSR count). The third kappa shape index (κ3) is 3.02. The number of rotatable bonds is 2. The molecule has 0 saturated heterocycles. The van der Waals surface area contributed by atoms with Crippen molar-refractivity contribution in [1.82, 2.24) is 0 Å². The molecule has 2 nitrogen and oxygen atoms in total. The van der Waals surface area contributed by atoms with Crippen LogP contribution in [0.5, 0.6) is 0 Å². The molecule has 0 amide bonds. The molecular formula is C3H4F4O2. The molecule has 0 aliphatic rings.